The molecule has 13 heteroatoms. The maximum atomic E-state index is 12.8. The van der Waals surface area contributed by atoms with E-state index < -0.39 is 12.0 Å². The lowest BCUT2D eigenvalue weighted by Gasteiger charge is -2.35. The zero-order valence-electron chi connectivity index (χ0n) is 16.9. The summed E-state index contributed by atoms with van der Waals surface area (Å²) >= 11 is 0. The number of nitrogens with two attached hydrogens (primary N) is 1. The molecule has 1 unspecified atom stereocenters. The second-order valence-electron chi connectivity index (χ2n) is 7.80. The molecule has 2 aliphatic rings. The number of halogens is 3. The normalized spacial score (nSPS) is 20.4. The van der Waals surface area contributed by atoms with Gasteiger partial charge in [0.2, 0.25) is 5.95 Å². The molecule has 10 nitrogen and oxygen atoms in total. The lowest BCUT2D eigenvalue weighted by molar-refractivity contribution is -0.146. The average Bonchev–Trinajstić information content (AvgIpc) is 3.42. The summed E-state index contributed by atoms with van der Waals surface area (Å²) in [6.45, 7) is 2.27. The largest absolute Gasteiger partial charge is 0.455 e. The highest BCUT2D eigenvalue weighted by molar-refractivity contribution is 5.93. The molecule has 0 radical (unpaired) electrons. The lowest BCUT2D eigenvalue weighted by Crippen LogP contribution is -2.45. The Morgan fingerprint density at radius 2 is 1.81 bits per heavy atom. The topological polar surface area (TPSA) is 118 Å². The van der Waals surface area contributed by atoms with Crippen molar-refractivity contribution < 1.29 is 22.5 Å². The number of nitrogens with zero attached hydrogens (tertiary/aromatic N) is 7. The number of carbonyl (C=O) groups is 1. The van der Waals surface area contributed by atoms with Gasteiger partial charge in [0.1, 0.15) is 0 Å². The molecule has 0 spiro atoms. The Labute approximate surface area is 176 Å². The molecule has 2 fully saturated rings. The first-order chi connectivity index (χ1) is 14.7. The maximum absolute atomic E-state index is 12.8. The van der Waals surface area contributed by atoms with Crippen LogP contribution in [0.1, 0.15) is 35.4 Å². The van der Waals surface area contributed by atoms with Gasteiger partial charge in [-0.15, -0.1) is 0 Å². The third-order valence-electron chi connectivity index (χ3n) is 5.66. The molecule has 1 atom stereocenters. The van der Waals surface area contributed by atoms with Gasteiger partial charge in [0.15, 0.2) is 0 Å². The first-order valence-corrected chi connectivity index (χ1v) is 9.98. The van der Waals surface area contributed by atoms with Gasteiger partial charge in [-0.2, -0.15) is 18.2 Å². The van der Waals surface area contributed by atoms with Gasteiger partial charge in [0.25, 0.3) is 11.7 Å². The number of amides is 1. The fourth-order valence-electron chi connectivity index (χ4n) is 3.84. The van der Waals surface area contributed by atoms with Crippen LogP contribution in [0.2, 0.25) is 0 Å². The van der Waals surface area contributed by atoms with Crippen LogP contribution in [0.15, 0.2) is 16.9 Å². The fourth-order valence-corrected chi connectivity index (χ4v) is 3.84. The number of carbonyl (C=O) groups excluding carboxylic acids is 1. The third kappa shape index (κ3) is 4.55. The summed E-state index contributed by atoms with van der Waals surface area (Å²) in [5.74, 6) is -0.949. The van der Waals surface area contributed by atoms with Crippen molar-refractivity contribution in [3.8, 4) is 0 Å². The van der Waals surface area contributed by atoms with Crippen LogP contribution in [0.5, 0.6) is 0 Å². The van der Waals surface area contributed by atoms with E-state index in [2.05, 4.69) is 20.1 Å². The van der Waals surface area contributed by atoms with Gasteiger partial charge < -0.3 is 25.0 Å². The van der Waals surface area contributed by atoms with Crippen LogP contribution >= 0.6 is 0 Å². The summed E-state index contributed by atoms with van der Waals surface area (Å²) in [6.07, 6.45) is 0.360. The van der Waals surface area contributed by atoms with E-state index in [1.165, 1.54) is 12.4 Å². The molecule has 168 valence electrons. The molecule has 2 saturated heterocycles. The number of anilines is 2. The summed E-state index contributed by atoms with van der Waals surface area (Å²) in [5.41, 5.74) is 6.28. The van der Waals surface area contributed by atoms with Crippen LogP contribution < -0.4 is 15.5 Å². The second kappa shape index (κ2) is 8.29. The molecule has 0 saturated carbocycles. The maximum Gasteiger partial charge on any atom is 0.455 e. The number of hydrogen-bond donors (Lipinski definition) is 1. The summed E-state index contributed by atoms with van der Waals surface area (Å²) in [5, 5.41) is 2.98. The summed E-state index contributed by atoms with van der Waals surface area (Å²) in [7, 11) is 1.70. The standard InChI is InChI=1S/C18H23F3N8O2/c1-27(14(30)11-8-23-16(24-9-11)29-5-2-12(22)10-29)13-3-6-28(7-4-13)17-25-15(26-31-17)18(19,20)21/h8-9,12-13H,2-7,10,22H2,1H3. The van der Waals surface area contributed by atoms with E-state index in [0.717, 1.165) is 13.0 Å². The molecular weight excluding hydrogens is 417 g/mol. The average molecular weight is 440 g/mol. The summed E-state index contributed by atoms with van der Waals surface area (Å²) in [4.78, 5) is 30.0. The Hall–Kier alpha value is -2.96. The van der Waals surface area contributed by atoms with Crippen LogP contribution in [0.25, 0.3) is 0 Å². The molecule has 31 heavy (non-hydrogen) atoms. The van der Waals surface area contributed by atoms with Crippen molar-refractivity contribution in [2.24, 2.45) is 5.73 Å². The first-order valence-electron chi connectivity index (χ1n) is 9.98. The summed E-state index contributed by atoms with van der Waals surface area (Å²) in [6, 6.07) is -0.135. The molecule has 2 aromatic rings. The molecule has 2 aliphatic heterocycles. The minimum atomic E-state index is -4.65. The van der Waals surface area contributed by atoms with Crippen molar-refractivity contribution in [2.45, 2.75) is 37.5 Å². The van der Waals surface area contributed by atoms with Gasteiger partial charge in [0.05, 0.1) is 5.56 Å². The highest BCUT2D eigenvalue weighted by Gasteiger charge is 2.38. The Morgan fingerprint density at radius 1 is 1.16 bits per heavy atom. The van der Waals surface area contributed by atoms with Gasteiger partial charge >= 0.3 is 12.2 Å². The van der Waals surface area contributed by atoms with E-state index in [4.69, 9.17) is 10.3 Å². The van der Waals surface area contributed by atoms with E-state index in [1.54, 1.807) is 16.8 Å². The predicted octanol–water partition coefficient (Wildman–Crippen LogP) is 1.16. The second-order valence-corrected chi connectivity index (χ2v) is 7.80. The van der Waals surface area contributed by atoms with Crippen LogP contribution in [0.4, 0.5) is 25.1 Å². The van der Waals surface area contributed by atoms with E-state index in [9.17, 15) is 18.0 Å². The fraction of sp³-hybridized carbons (Fsp3) is 0.611. The minimum Gasteiger partial charge on any atom is -0.339 e. The quantitative estimate of drug-likeness (QED) is 0.747. The monoisotopic (exact) mass is 440 g/mol. The van der Waals surface area contributed by atoms with Crippen LogP contribution in [0.3, 0.4) is 0 Å². The van der Waals surface area contributed by atoms with Gasteiger partial charge in [0, 0.05) is 57.7 Å². The zero-order chi connectivity index (χ0) is 22.2. The van der Waals surface area contributed by atoms with Gasteiger partial charge in [-0.25, -0.2) is 9.97 Å². The molecule has 2 aromatic heterocycles. The van der Waals surface area contributed by atoms with E-state index in [1.807, 2.05) is 4.90 Å². The molecule has 0 aromatic carbocycles. The lowest BCUT2D eigenvalue weighted by atomic mass is 10.0. The zero-order valence-corrected chi connectivity index (χ0v) is 16.9. The Kier molecular flexibility index (Phi) is 5.69. The van der Waals surface area contributed by atoms with Crippen molar-refractivity contribution in [1.29, 1.82) is 0 Å². The van der Waals surface area contributed by atoms with Crippen molar-refractivity contribution >= 4 is 17.9 Å². The van der Waals surface area contributed by atoms with E-state index >= 15 is 0 Å². The molecule has 0 bridgehead atoms. The van der Waals surface area contributed by atoms with E-state index in [-0.39, 0.29) is 24.0 Å². The Morgan fingerprint density at radius 3 is 2.35 bits per heavy atom. The predicted molar refractivity (Wildman–Crippen MR) is 103 cm³/mol. The van der Waals surface area contributed by atoms with Crippen molar-refractivity contribution in [1.82, 2.24) is 25.0 Å². The highest BCUT2D eigenvalue weighted by Crippen LogP contribution is 2.29. The third-order valence-corrected chi connectivity index (χ3v) is 5.66. The van der Waals surface area contributed by atoms with Crippen LogP contribution in [0, 0.1) is 0 Å². The summed E-state index contributed by atoms with van der Waals surface area (Å²) < 4.78 is 42.7. The number of hydrogen-bond acceptors (Lipinski definition) is 9. The SMILES string of the molecule is CN(C(=O)c1cnc(N2CCC(N)C2)nc1)C1CCN(c2nc(C(F)(F)F)no2)CC1. The van der Waals surface area contributed by atoms with E-state index in [0.29, 0.717) is 44.0 Å². The van der Waals surface area contributed by atoms with Gasteiger partial charge in [-0.3, -0.25) is 4.79 Å². The van der Waals surface area contributed by atoms with Crippen molar-refractivity contribution in [2.75, 3.05) is 43.0 Å². The van der Waals surface area contributed by atoms with Gasteiger partial charge in [-0.05, 0) is 24.4 Å². The number of aromatic nitrogens is 4. The molecule has 0 aliphatic carbocycles. The molecular formula is C18H23F3N8O2. The van der Waals surface area contributed by atoms with Crippen molar-refractivity contribution in [3.63, 3.8) is 0 Å². The highest BCUT2D eigenvalue weighted by atomic mass is 19.4. The first kappa shape index (κ1) is 21.3. The van der Waals surface area contributed by atoms with Crippen molar-refractivity contribution in [3.05, 3.63) is 23.8 Å². The number of piperidine rings is 1. The minimum absolute atomic E-state index is 0.0787. The molecule has 1 amide bonds. The number of alkyl halides is 3. The van der Waals surface area contributed by atoms with Crippen LogP contribution in [-0.4, -0.2) is 76.2 Å². The van der Waals surface area contributed by atoms with Gasteiger partial charge in [-0.1, -0.05) is 0 Å². The number of rotatable bonds is 4. The Bertz CT molecular complexity index is 911. The molecule has 2 N–H and O–H groups in total. The Balaban J connectivity index is 1.33. The molecule has 4 heterocycles. The van der Waals surface area contributed by atoms with Crippen LogP contribution in [-0.2, 0) is 6.18 Å². The smallest absolute Gasteiger partial charge is 0.339 e. The molecule has 4 rings (SSSR count).